The normalized spacial score (nSPS) is 12.1. The third-order valence-corrected chi connectivity index (χ3v) is 2.02. The van der Waals surface area contributed by atoms with Gasteiger partial charge in [-0.3, -0.25) is 9.59 Å². The highest BCUT2D eigenvalue weighted by Gasteiger charge is 2.14. The Bertz CT molecular complexity index is 402. The number of aromatic nitrogens is 2. The molecule has 0 aliphatic rings. The van der Waals surface area contributed by atoms with Crippen molar-refractivity contribution >= 4 is 11.8 Å². The van der Waals surface area contributed by atoms with E-state index in [-0.39, 0.29) is 5.56 Å². The first-order chi connectivity index (χ1) is 7.00. The molecule has 1 aromatic rings. The molecule has 1 rings (SSSR count). The second-order valence-corrected chi connectivity index (χ2v) is 3.39. The zero-order valence-corrected chi connectivity index (χ0v) is 8.60. The van der Waals surface area contributed by atoms with Crippen LogP contribution in [0.5, 0.6) is 0 Å². The summed E-state index contributed by atoms with van der Waals surface area (Å²) in [6.45, 7) is 1.91. The van der Waals surface area contributed by atoms with E-state index in [1.165, 1.54) is 12.4 Å². The quantitative estimate of drug-likeness (QED) is 0.727. The first-order valence-electron chi connectivity index (χ1n) is 4.49. The van der Waals surface area contributed by atoms with Crippen LogP contribution in [0.15, 0.2) is 17.2 Å². The van der Waals surface area contributed by atoms with Crippen LogP contribution < -0.4 is 10.5 Å². The van der Waals surface area contributed by atoms with Crippen molar-refractivity contribution in [3.63, 3.8) is 0 Å². The summed E-state index contributed by atoms with van der Waals surface area (Å²) < 4.78 is 0. The van der Waals surface area contributed by atoms with Gasteiger partial charge >= 0.3 is 5.97 Å². The number of anilines is 1. The Morgan fingerprint density at radius 1 is 1.73 bits per heavy atom. The van der Waals surface area contributed by atoms with Crippen molar-refractivity contribution in [2.45, 2.75) is 6.92 Å². The monoisotopic (exact) mass is 211 g/mol. The molecule has 1 unspecified atom stereocenters. The van der Waals surface area contributed by atoms with Gasteiger partial charge in [-0.05, 0) is 0 Å². The van der Waals surface area contributed by atoms with Crippen LogP contribution in [-0.2, 0) is 4.79 Å². The Morgan fingerprint density at radius 3 is 2.93 bits per heavy atom. The minimum absolute atomic E-state index is 0.255. The summed E-state index contributed by atoms with van der Waals surface area (Å²) in [6, 6.07) is 1.33. The molecular formula is C9H13N3O3. The molecule has 0 amide bonds. The van der Waals surface area contributed by atoms with Crippen molar-refractivity contribution in [2.24, 2.45) is 5.92 Å². The molecule has 0 aliphatic carbocycles. The van der Waals surface area contributed by atoms with E-state index in [0.717, 1.165) is 0 Å². The minimum Gasteiger partial charge on any atom is -0.481 e. The van der Waals surface area contributed by atoms with E-state index < -0.39 is 11.9 Å². The average Bonchev–Trinajstić information content (AvgIpc) is 2.17. The van der Waals surface area contributed by atoms with Crippen LogP contribution in [0.25, 0.3) is 0 Å². The van der Waals surface area contributed by atoms with E-state index in [4.69, 9.17) is 5.11 Å². The summed E-state index contributed by atoms with van der Waals surface area (Å²) in [5.74, 6) is -0.908. The number of nitrogens with one attached hydrogen (secondary N) is 1. The van der Waals surface area contributed by atoms with E-state index in [1.54, 1.807) is 18.9 Å². The molecule has 0 radical (unpaired) electrons. The van der Waals surface area contributed by atoms with Gasteiger partial charge in [-0.1, -0.05) is 6.92 Å². The molecule has 0 saturated carbocycles. The van der Waals surface area contributed by atoms with Gasteiger partial charge in [0.15, 0.2) is 0 Å². The second kappa shape index (κ2) is 4.59. The SMILES string of the molecule is CC(CN(C)c1cc(=O)[nH]cn1)C(=O)O. The van der Waals surface area contributed by atoms with Crippen LogP contribution in [0, 0.1) is 5.92 Å². The van der Waals surface area contributed by atoms with Crippen molar-refractivity contribution in [2.75, 3.05) is 18.5 Å². The van der Waals surface area contributed by atoms with E-state index in [0.29, 0.717) is 12.4 Å². The Balaban J connectivity index is 2.73. The molecule has 6 heteroatoms. The molecule has 1 heterocycles. The van der Waals surface area contributed by atoms with Gasteiger partial charge in [-0.25, -0.2) is 4.98 Å². The predicted octanol–water partition coefficient (Wildman–Crippen LogP) is -0.0732. The molecule has 0 bridgehead atoms. The summed E-state index contributed by atoms with van der Waals surface area (Å²) in [6.07, 6.45) is 1.29. The van der Waals surface area contributed by atoms with Crippen molar-refractivity contribution < 1.29 is 9.90 Å². The molecule has 0 fully saturated rings. The maximum atomic E-state index is 11.0. The fourth-order valence-electron chi connectivity index (χ4n) is 1.15. The smallest absolute Gasteiger partial charge is 0.308 e. The van der Waals surface area contributed by atoms with E-state index in [2.05, 4.69) is 9.97 Å². The number of aromatic amines is 1. The van der Waals surface area contributed by atoms with Crippen LogP contribution in [0.3, 0.4) is 0 Å². The lowest BCUT2D eigenvalue weighted by Crippen LogP contribution is -2.29. The van der Waals surface area contributed by atoms with Crippen LogP contribution in [0.2, 0.25) is 0 Å². The van der Waals surface area contributed by atoms with Crippen molar-refractivity contribution in [1.29, 1.82) is 0 Å². The van der Waals surface area contributed by atoms with Crippen LogP contribution >= 0.6 is 0 Å². The number of H-pyrrole nitrogens is 1. The fraction of sp³-hybridized carbons (Fsp3) is 0.444. The van der Waals surface area contributed by atoms with Crippen molar-refractivity contribution in [3.05, 3.63) is 22.7 Å². The zero-order valence-electron chi connectivity index (χ0n) is 8.60. The lowest BCUT2D eigenvalue weighted by Gasteiger charge is -2.19. The number of aliphatic carboxylic acids is 1. The molecule has 2 N–H and O–H groups in total. The number of carboxylic acid groups (broad SMARTS) is 1. The van der Waals surface area contributed by atoms with Crippen LogP contribution in [0.1, 0.15) is 6.92 Å². The van der Waals surface area contributed by atoms with Crippen LogP contribution in [0.4, 0.5) is 5.82 Å². The third-order valence-electron chi connectivity index (χ3n) is 2.02. The second-order valence-electron chi connectivity index (χ2n) is 3.39. The molecule has 0 saturated heterocycles. The Hall–Kier alpha value is -1.85. The molecule has 15 heavy (non-hydrogen) atoms. The highest BCUT2D eigenvalue weighted by Crippen LogP contribution is 2.06. The van der Waals surface area contributed by atoms with Gasteiger partial charge in [0, 0.05) is 19.7 Å². The lowest BCUT2D eigenvalue weighted by atomic mass is 10.2. The fourth-order valence-corrected chi connectivity index (χ4v) is 1.15. The summed E-state index contributed by atoms with van der Waals surface area (Å²) in [4.78, 5) is 29.5. The molecule has 1 atom stereocenters. The minimum atomic E-state index is -0.869. The number of hydrogen-bond acceptors (Lipinski definition) is 4. The largest absolute Gasteiger partial charge is 0.481 e. The number of carbonyl (C=O) groups is 1. The summed E-state index contributed by atoms with van der Waals surface area (Å²) in [5, 5.41) is 8.72. The van der Waals surface area contributed by atoms with Gasteiger partial charge in [0.25, 0.3) is 5.56 Å². The topological polar surface area (TPSA) is 86.3 Å². The van der Waals surface area contributed by atoms with Gasteiger partial charge in [0.05, 0.1) is 12.2 Å². The highest BCUT2D eigenvalue weighted by atomic mass is 16.4. The molecule has 1 aromatic heterocycles. The molecular weight excluding hydrogens is 198 g/mol. The van der Waals surface area contributed by atoms with E-state index >= 15 is 0 Å². The number of rotatable bonds is 4. The Morgan fingerprint density at radius 2 is 2.40 bits per heavy atom. The summed E-state index contributed by atoms with van der Waals surface area (Å²) in [5.41, 5.74) is -0.255. The summed E-state index contributed by atoms with van der Waals surface area (Å²) in [7, 11) is 1.70. The summed E-state index contributed by atoms with van der Waals surface area (Å²) >= 11 is 0. The van der Waals surface area contributed by atoms with Crippen molar-refractivity contribution in [3.8, 4) is 0 Å². The van der Waals surface area contributed by atoms with Gasteiger partial charge in [0.2, 0.25) is 0 Å². The Kier molecular flexibility index (Phi) is 3.43. The number of nitrogens with zero attached hydrogens (tertiary/aromatic N) is 2. The standard InChI is InChI=1S/C9H13N3O3/c1-6(9(14)15)4-12(2)7-3-8(13)11-5-10-7/h3,5-6H,4H2,1-2H3,(H,14,15)(H,10,11,13). The first kappa shape index (κ1) is 11.2. The molecule has 0 aliphatic heterocycles. The molecule has 0 aromatic carbocycles. The highest BCUT2D eigenvalue weighted by molar-refractivity contribution is 5.70. The zero-order chi connectivity index (χ0) is 11.4. The van der Waals surface area contributed by atoms with E-state index in [1.807, 2.05) is 0 Å². The number of hydrogen-bond donors (Lipinski definition) is 2. The average molecular weight is 211 g/mol. The molecule has 6 nitrogen and oxygen atoms in total. The number of carboxylic acids is 1. The van der Waals surface area contributed by atoms with Gasteiger partial charge < -0.3 is 15.0 Å². The Labute approximate surface area is 86.6 Å². The third kappa shape index (κ3) is 3.08. The maximum absolute atomic E-state index is 11.0. The van der Waals surface area contributed by atoms with E-state index in [9.17, 15) is 9.59 Å². The van der Waals surface area contributed by atoms with Crippen LogP contribution in [-0.4, -0.2) is 34.6 Å². The first-order valence-corrected chi connectivity index (χ1v) is 4.49. The van der Waals surface area contributed by atoms with Crippen molar-refractivity contribution in [1.82, 2.24) is 9.97 Å². The van der Waals surface area contributed by atoms with Gasteiger partial charge in [-0.2, -0.15) is 0 Å². The predicted molar refractivity (Wildman–Crippen MR) is 54.9 cm³/mol. The molecule has 0 spiro atoms. The lowest BCUT2D eigenvalue weighted by molar-refractivity contribution is -0.140. The van der Waals surface area contributed by atoms with Gasteiger partial charge in [0.1, 0.15) is 5.82 Å². The maximum Gasteiger partial charge on any atom is 0.308 e. The van der Waals surface area contributed by atoms with Gasteiger partial charge in [-0.15, -0.1) is 0 Å². The molecule has 82 valence electrons.